The number of fused-ring (bicyclic) bond motifs is 1. The van der Waals surface area contributed by atoms with Crippen LogP contribution in [-0.2, 0) is 4.79 Å². The van der Waals surface area contributed by atoms with Crippen LogP contribution in [0.5, 0.6) is 0 Å². The van der Waals surface area contributed by atoms with Gasteiger partial charge in [0.15, 0.2) is 0 Å². The van der Waals surface area contributed by atoms with Crippen molar-refractivity contribution in [2.75, 3.05) is 18.4 Å². The maximum absolute atomic E-state index is 12.4. The predicted molar refractivity (Wildman–Crippen MR) is 107 cm³/mol. The van der Waals surface area contributed by atoms with Gasteiger partial charge >= 0.3 is 0 Å². The van der Waals surface area contributed by atoms with E-state index in [1.54, 1.807) is 11.3 Å². The molecular weight excluding hydrogens is 354 g/mol. The summed E-state index contributed by atoms with van der Waals surface area (Å²) in [5.41, 5.74) is 1.96. The SMILES string of the molecule is CC(CC(=O)Nc1ccc2nc(C3CC3)sc2c1)C1CCNCC1.Cl. The molecule has 1 amide bonds. The fraction of sp³-hybridized carbons (Fsp3) is 0.579. The number of halogens is 1. The summed E-state index contributed by atoms with van der Waals surface area (Å²) in [5, 5.41) is 7.73. The maximum atomic E-state index is 12.4. The molecule has 2 heterocycles. The normalized spacial score (nSPS) is 19.4. The molecule has 6 heteroatoms. The van der Waals surface area contributed by atoms with E-state index in [1.165, 1.54) is 35.4 Å². The lowest BCUT2D eigenvalue weighted by Gasteiger charge is -2.27. The van der Waals surface area contributed by atoms with Gasteiger partial charge in [-0.05, 0) is 68.8 Å². The second-order valence-electron chi connectivity index (χ2n) is 7.33. The highest BCUT2D eigenvalue weighted by molar-refractivity contribution is 7.18. The molecule has 1 aromatic carbocycles. The third-order valence-corrected chi connectivity index (χ3v) is 6.49. The van der Waals surface area contributed by atoms with Gasteiger partial charge in [0, 0.05) is 18.0 Å². The van der Waals surface area contributed by atoms with E-state index < -0.39 is 0 Å². The van der Waals surface area contributed by atoms with Crippen LogP contribution in [0.25, 0.3) is 10.2 Å². The third kappa shape index (κ3) is 4.52. The zero-order valence-electron chi connectivity index (χ0n) is 14.6. The highest BCUT2D eigenvalue weighted by Gasteiger charge is 2.27. The van der Waals surface area contributed by atoms with Crippen LogP contribution in [0.3, 0.4) is 0 Å². The highest BCUT2D eigenvalue weighted by Crippen LogP contribution is 2.43. The standard InChI is InChI=1S/C19H25N3OS.ClH/c1-12(13-6-8-20-9-7-13)10-18(23)21-15-4-5-16-17(11-15)24-19(22-16)14-2-3-14;/h4-5,11-14,20H,2-3,6-10H2,1H3,(H,21,23);1H. The number of rotatable bonds is 5. The molecular formula is C19H26ClN3OS. The van der Waals surface area contributed by atoms with E-state index in [0.29, 0.717) is 24.2 Å². The lowest BCUT2D eigenvalue weighted by molar-refractivity contribution is -0.117. The van der Waals surface area contributed by atoms with E-state index in [-0.39, 0.29) is 18.3 Å². The number of carbonyl (C=O) groups is 1. The van der Waals surface area contributed by atoms with Crippen LogP contribution in [0.1, 0.15) is 50.0 Å². The summed E-state index contributed by atoms with van der Waals surface area (Å²) < 4.78 is 1.18. The van der Waals surface area contributed by atoms with E-state index in [2.05, 4.69) is 23.6 Å². The molecule has 1 saturated carbocycles. The second-order valence-corrected chi connectivity index (χ2v) is 8.39. The van der Waals surface area contributed by atoms with Crippen LogP contribution in [0.4, 0.5) is 5.69 Å². The average Bonchev–Trinajstić information content (AvgIpc) is 3.35. The van der Waals surface area contributed by atoms with Gasteiger partial charge in [-0.1, -0.05) is 6.92 Å². The third-order valence-electron chi connectivity index (χ3n) is 5.31. The number of anilines is 1. The van der Waals surface area contributed by atoms with Crippen molar-refractivity contribution >= 4 is 45.6 Å². The van der Waals surface area contributed by atoms with E-state index in [1.807, 2.05) is 12.1 Å². The minimum absolute atomic E-state index is 0. The quantitative estimate of drug-likeness (QED) is 0.800. The highest BCUT2D eigenvalue weighted by atomic mass is 35.5. The number of thiazole rings is 1. The van der Waals surface area contributed by atoms with Crippen LogP contribution in [-0.4, -0.2) is 24.0 Å². The lowest BCUT2D eigenvalue weighted by atomic mass is 9.84. The molecule has 1 unspecified atom stereocenters. The van der Waals surface area contributed by atoms with Crippen molar-refractivity contribution in [1.82, 2.24) is 10.3 Å². The first-order chi connectivity index (χ1) is 11.7. The first kappa shape index (κ1) is 18.6. The number of nitrogens with one attached hydrogen (secondary N) is 2. The van der Waals surface area contributed by atoms with Crippen LogP contribution in [0.15, 0.2) is 18.2 Å². The number of hydrogen-bond donors (Lipinski definition) is 2. The number of carbonyl (C=O) groups excluding carboxylic acids is 1. The number of piperidine rings is 1. The number of amides is 1. The summed E-state index contributed by atoms with van der Waals surface area (Å²) >= 11 is 1.78. The largest absolute Gasteiger partial charge is 0.326 e. The minimum Gasteiger partial charge on any atom is -0.326 e. The van der Waals surface area contributed by atoms with Crippen LogP contribution < -0.4 is 10.6 Å². The molecule has 1 aliphatic carbocycles. The van der Waals surface area contributed by atoms with Gasteiger partial charge < -0.3 is 10.6 Å². The number of nitrogens with zero attached hydrogens (tertiary/aromatic N) is 1. The number of aromatic nitrogens is 1. The molecule has 2 aromatic rings. The molecule has 1 saturated heterocycles. The Bertz CT molecular complexity index is 737. The molecule has 0 spiro atoms. The molecule has 2 aliphatic rings. The first-order valence-corrected chi connectivity index (χ1v) is 9.92. The molecule has 25 heavy (non-hydrogen) atoms. The minimum atomic E-state index is 0. The smallest absolute Gasteiger partial charge is 0.224 e. The molecule has 0 bridgehead atoms. The van der Waals surface area contributed by atoms with Gasteiger partial charge in [0.2, 0.25) is 5.91 Å². The lowest BCUT2D eigenvalue weighted by Crippen LogP contribution is -2.32. The van der Waals surface area contributed by atoms with Crippen molar-refractivity contribution in [2.24, 2.45) is 11.8 Å². The molecule has 1 aliphatic heterocycles. The van der Waals surface area contributed by atoms with Crippen molar-refractivity contribution in [1.29, 1.82) is 0 Å². The fourth-order valence-electron chi connectivity index (χ4n) is 3.61. The Morgan fingerprint density at radius 1 is 1.32 bits per heavy atom. The zero-order valence-corrected chi connectivity index (χ0v) is 16.2. The van der Waals surface area contributed by atoms with E-state index in [9.17, 15) is 4.79 Å². The summed E-state index contributed by atoms with van der Waals surface area (Å²) in [5.74, 6) is 1.93. The summed E-state index contributed by atoms with van der Waals surface area (Å²) in [6.07, 6.45) is 5.53. The van der Waals surface area contributed by atoms with Crippen LogP contribution in [0.2, 0.25) is 0 Å². The van der Waals surface area contributed by atoms with E-state index in [0.717, 1.165) is 24.3 Å². The monoisotopic (exact) mass is 379 g/mol. The molecule has 4 rings (SSSR count). The Balaban J connectivity index is 0.00000182. The molecule has 0 radical (unpaired) electrons. The van der Waals surface area contributed by atoms with Crippen molar-refractivity contribution in [2.45, 2.75) is 44.9 Å². The summed E-state index contributed by atoms with van der Waals surface area (Å²) in [4.78, 5) is 17.1. The molecule has 2 fully saturated rings. The van der Waals surface area contributed by atoms with Crippen molar-refractivity contribution in [3.8, 4) is 0 Å². The summed E-state index contributed by atoms with van der Waals surface area (Å²) in [6.45, 7) is 4.38. The predicted octanol–water partition coefficient (Wildman–Crippen LogP) is 4.56. The van der Waals surface area contributed by atoms with Crippen LogP contribution in [0, 0.1) is 11.8 Å². The molecule has 1 atom stereocenters. The summed E-state index contributed by atoms with van der Waals surface area (Å²) in [7, 11) is 0. The second kappa shape index (κ2) is 8.02. The summed E-state index contributed by atoms with van der Waals surface area (Å²) in [6, 6.07) is 6.08. The van der Waals surface area contributed by atoms with Gasteiger partial charge in [-0.3, -0.25) is 4.79 Å². The first-order valence-electron chi connectivity index (χ1n) is 9.10. The average molecular weight is 380 g/mol. The Morgan fingerprint density at radius 2 is 2.08 bits per heavy atom. The number of hydrogen-bond acceptors (Lipinski definition) is 4. The van der Waals surface area contributed by atoms with Gasteiger partial charge in [0.1, 0.15) is 0 Å². The van der Waals surface area contributed by atoms with Crippen molar-refractivity contribution in [3.05, 3.63) is 23.2 Å². The maximum Gasteiger partial charge on any atom is 0.224 e. The van der Waals surface area contributed by atoms with E-state index >= 15 is 0 Å². The van der Waals surface area contributed by atoms with Crippen LogP contribution >= 0.6 is 23.7 Å². The molecule has 4 nitrogen and oxygen atoms in total. The molecule has 1 aromatic heterocycles. The van der Waals surface area contributed by atoms with Gasteiger partial charge in [-0.15, -0.1) is 23.7 Å². The Kier molecular flexibility index (Phi) is 5.97. The van der Waals surface area contributed by atoms with Gasteiger partial charge in [0.05, 0.1) is 15.2 Å². The van der Waals surface area contributed by atoms with Crippen molar-refractivity contribution < 1.29 is 4.79 Å². The molecule has 2 N–H and O–H groups in total. The number of benzene rings is 1. The molecule has 136 valence electrons. The Hall–Kier alpha value is -1.17. The fourth-order valence-corrected chi connectivity index (χ4v) is 4.79. The van der Waals surface area contributed by atoms with E-state index in [4.69, 9.17) is 4.98 Å². The topological polar surface area (TPSA) is 54.0 Å². The van der Waals surface area contributed by atoms with Gasteiger partial charge in [-0.2, -0.15) is 0 Å². The Morgan fingerprint density at radius 3 is 2.80 bits per heavy atom. The van der Waals surface area contributed by atoms with Gasteiger partial charge in [0.25, 0.3) is 0 Å². The van der Waals surface area contributed by atoms with Crippen molar-refractivity contribution in [3.63, 3.8) is 0 Å². The Labute approximate surface area is 159 Å². The van der Waals surface area contributed by atoms with Gasteiger partial charge in [-0.25, -0.2) is 4.98 Å². The zero-order chi connectivity index (χ0) is 16.5.